The van der Waals surface area contributed by atoms with E-state index in [0.29, 0.717) is 25.9 Å². The third kappa shape index (κ3) is 8.02. The Kier molecular flexibility index (Phi) is 12.4. The van der Waals surface area contributed by atoms with Crippen molar-refractivity contribution >= 4 is 60.9 Å². The number of aromatic nitrogens is 2. The molecule has 304 valence electrons. The molecule has 13 heteroatoms. The summed E-state index contributed by atoms with van der Waals surface area (Å²) in [6, 6.07) is 28.9. The number of carbonyl (C=O) groups excluding carboxylic acids is 2. The van der Waals surface area contributed by atoms with Crippen LogP contribution in [0.5, 0.6) is 0 Å². The molecule has 2 aliphatic heterocycles. The Bertz CT molecular complexity index is 2430. The molecule has 2 amide bonds. The quantitative estimate of drug-likeness (QED) is 0.0854. The summed E-state index contributed by atoms with van der Waals surface area (Å²) in [7, 11) is 0. The second kappa shape index (κ2) is 17.6. The van der Waals surface area contributed by atoms with Gasteiger partial charge in [-0.15, -0.1) is 0 Å². The summed E-state index contributed by atoms with van der Waals surface area (Å²) in [6.45, 7) is 4.97. The van der Waals surface area contributed by atoms with Gasteiger partial charge in [0.2, 0.25) is 11.8 Å². The van der Waals surface area contributed by atoms with Crippen LogP contribution in [0.15, 0.2) is 120 Å². The number of aromatic amines is 2. The molecule has 7 aromatic rings. The van der Waals surface area contributed by atoms with E-state index >= 15 is 0 Å². The lowest BCUT2D eigenvalue weighted by Gasteiger charge is -2.37. The first-order chi connectivity index (χ1) is 28.5. The number of rotatable bonds is 8. The van der Waals surface area contributed by atoms with Crippen LogP contribution < -0.4 is 21.3 Å². The van der Waals surface area contributed by atoms with E-state index in [4.69, 9.17) is 0 Å². The normalized spacial score (nSPS) is 17.7. The molecule has 0 unspecified atom stereocenters. The zero-order valence-electron chi connectivity index (χ0n) is 32.4. The van der Waals surface area contributed by atoms with Gasteiger partial charge in [0.15, 0.2) is 0 Å². The standard InChI is InChI=1S/2C20H19F2N3O.C6H5Br/c2*1-2-9-20(19(26)25-18-14(21)6-4-7-15(18)22)13-11-23-16-8-3-5-12(10-24-20)17(13)16;7-6-4-2-1-3-5-6/h2*3-8,11,23-24H,2,9-10H2,1H3,(H,25,26);1-5H/t2*20-;/m11./s1. The van der Waals surface area contributed by atoms with E-state index in [0.717, 1.165) is 85.6 Å². The Balaban J connectivity index is 0.000000154. The number of carbonyl (C=O) groups is 2. The van der Waals surface area contributed by atoms with Crippen LogP contribution in [0.25, 0.3) is 21.8 Å². The lowest BCUT2D eigenvalue weighted by atomic mass is 9.80. The van der Waals surface area contributed by atoms with Gasteiger partial charge in [-0.3, -0.25) is 20.2 Å². The second-order valence-electron chi connectivity index (χ2n) is 14.5. The summed E-state index contributed by atoms with van der Waals surface area (Å²) in [5, 5.41) is 13.6. The van der Waals surface area contributed by atoms with Crippen LogP contribution in [0.4, 0.5) is 28.9 Å². The van der Waals surface area contributed by atoms with Gasteiger partial charge < -0.3 is 20.6 Å². The van der Waals surface area contributed by atoms with Crippen molar-refractivity contribution in [2.24, 2.45) is 0 Å². The Morgan fingerprint density at radius 1 is 0.576 bits per heavy atom. The first kappa shape index (κ1) is 41.4. The average molecular weight is 868 g/mol. The highest BCUT2D eigenvalue weighted by Crippen LogP contribution is 2.41. The molecule has 0 spiro atoms. The fourth-order valence-electron chi connectivity index (χ4n) is 8.09. The topological polar surface area (TPSA) is 114 Å². The third-order valence-corrected chi connectivity index (χ3v) is 11.4. The zero-order chi connectivity index (χ0) is 41.7. The van der Waals surface area contributed by atoms with Crippen molar-refractivity contribution in [1.29, 1.82) is 0 Å². The smallest absolute Gasteiger partial charge is 0.249 e. The van der Waals surface area contributed by atoms with Crippen LogP contribution in [0.1, 0.15) is 61.8 Å². The van der Waals surface area contributed by atoms with Crippen molar-refractivity contribution in [3.63, 3.8) is 0 Å². The van der Waals surface area contributed by atoms with Gasteiger partial charge in [-0.05, 0) is 72.5 Å². The van der Waals surface area contributed by atoms with Crippen molar-refractivity contribution in [3.8, 4) is 0 Å². The number of amides is 2. The number of hydrogen-bond donors (Lipinski definition) is 6. The predicted octanol–water partition coefficient (Wildman–Crippen LogP) is 10.8. The Labute approximate surface area is 347 Å². The number of para-hydroxylation sites is 2. The van der Waals surface area contributed by atoms with Gasteiger partial charge in [-0.25, -0.2) is 17.6 Å². The van der Waals surface area contributed by atoms with Crippen LogP contribution in [0.2, 0.25) is 0 Å². The maximum atomic E-state index is 14.0. The largest absolute Gasteiger partial charge is 0.361 e. The summed E-state index contributed by atoms with van der Waals surface area (Å²) in [5.74, 6) is -4.08. The van der Waals surface area contributed by atoms with E-state index in [2.05, 4.69) is 47.2 Å². The van der Waals surface area contributed by atoms with Crippen LogP contribution >= 0.6 is 15.9 Å². The molecule has 0 aliphatic carbocycles. The van der Waals surface area contributed by atoms with Crippen LogP contribution in [0, 0.1) is 23.3 Å². The molecule has 9 rings (SSSR count). The van der Waals surface area contributed by atoms with E-state index < -0.39 is 57.5 Å². The van der Waals surface area contributed by atoms with Gasteiger partial charge >= 0.3 is 0 Å². The Morgan fingerprint density at radius 2 is 0.966 bits per heavy atom. The van der Waals surface area contributed by atoms with Crippen molar-refractivity contribution in [2.75, 3.05) is 10.6 Å². The summed E-state index contributed by atoms with van der Waals surface area (Å²) in [4.78, 5) is 32.8. The number of H-pyrrole nitrogens is 2. The SMILES string of the molecule is Brc1ccccc1.CCC[C@@]1(C(=O)Nc2c(F)cccc2F)NCc2cccc3[nH]cc1c23.CCC[C@@]1(C(=O)Nc2c(F)cccc2F)NCc2cccc3[nH]cc1c23. The first-order valence-electron chi connectivity index (χ1n) is 19.4. The Morgan fingerprint density at radius 3 is 1.32 bits per heavy atom. The molecule has 0 fully saturated rings. The van der Waals surface area contributed by atoms with Crippen molar-refractivity contribution in [2.45, 2.75) is 63.7 Å². The van der Waals surface area contributed by atoms with Gasteiger partial charge in [0.1, 0.15) is 45.7 Å². The van der Waals surface area contributed by atoms with Crippen LogP contribution in [-0.2, 0) is 33.8 Å². The molecule has 8 nitrogen and oxygen atoms in total. The predicted molar refractivity (Wildman–Crippen MR) is 228 cm³/mol. The molecule has 0 bridgehead atoms. The highest BCUT2D eigenvalue weighted by Gasteiger charge is 2.45. The van der Waals surface area contributed by atoms with Gasteiger partial charge in [0.25, 0.3) is 0 Å². The summed E-state index contributed by atoms with van der Waals surface area (Å²) in [6.07, 6.45) is 6.11. The average Bonchev–Trinajstić information content (AvgIpc) is 3.89. The summed E-state index contributed by atoms with van der Waals surface area (Å²) < 4.78 is 57.2. The maximum absolute atomic E-state index is 14.0. The fourth-order valence-corrected chi connectivity index (χ4v) is 8.39. The number of halogens is 5. The lowest BCUT2D eigenvalue weighted by Crippen LogP contribution is -2.53. The van der Waals surface area contributed by atoms with Gasteiger partial charge in [0, 0.05) is 62.9 Å². The van der Waals surface area contributed by atoms with Crippen LogP contribution in [-0.4, -0.2) is 21.8 Å². The number of hydrogen-bond acceptors (Lipinski definition) is 4. The molecule has 2 aliphatic rings. The van der Waals surface area contributed by atoms with E-state index in [9.17, 15) is 27.2 Å². The highest BCUT2D eigenvalue weighted by atomic mass is 79.9. The number of benzene rings is 5. The molecular formula is C46H43BrF4N6O2. The lowest BCUT2D eigenvalue weighted by molar-refractivity contribution is -0.124. The number of anilines is 2. The molecule has 0 saturated heterocycles. The second-order valence-corrected chi connectivity index (χ2v) is 15.4. The third-order valence-electron chi connectivity index (χ3n) is 10.8. The molecule has 0 radical (unpaired) electrons. The highest BCUT2D eigenvalue weighted by molar-refractivity contribution is 9.10. The van der Waals surface area contributed by atoms with Gasteiger partial charge in [-0.2, -0.15) is 0 Å². The molecule has 59 heavy (non-hydrogen) atoms. The minimum atomic E-state index is -1.05. The van der Waals surface area contributed by atoms with Crippen LogP contribution in [0.3, 0.4) is 0 Å². The van der Waals surface area contributed by atoms with Crippen molar-refractivity contribution in [1.82, 2.24) is 20.6 Å². The first-order valence-corrected chi connectivity index (χ1v) is 20.2. The van der Waals surface area contributed by atoms with E-state index in [-0.39, 0.29) is 0 Å². The van der Waals surface area contributed by atoms with E-state index in [1.54, 1.807) is 0 Å². The van der Waals surface area contributed by atoms with Crippen molar-refractivity contribution in [3.05, 3.63) is 166 Å². The maximum Gasteiger partial charge on any atom is 0.249 e. The summed E-state index contributed by atoms with van der Waals surface area (Å²) >= 11 is 3.31. The molecule has 4 heterocycles. The minimum Gasteiger partial charge on any atom is -0.361 e. The zero-order valence-corrected chi connectivity index (χ0v) is 34.0. The molecule has 2 atom stereocenters. The number of nitrogens with one attached hydrogen (secondary N) is 6. The molecular weight excluding hydrogens is 824 g/mol. The monoisotopic (exact) mass is 866 g/mol. The Hall–Kier alpha value is -5.76. The van der Waals surface area contributed by atoms with Crippen molar-refractivity contribution < 1.29 is 27.2 Å². The van der Waals surface area contributed by atoms with Gasteiger partial charge in [0.05, 0.1) is 0 Å². The minimum absolute atomic E-state index is 0.416. The molecule has 2 aromatic heterocycles. The molecule has 6 N–H and O–H groups in total. The summed E-state index contributed by atoms with van der Waals surface area (Å²) in [5.41, 5.74) is 2.78. The fraction of sp³-hybridized carbons (Fsp3) is 0.217. The molecule has 0 saturated carbocycles. The van der Waals surface area contributed by atoms with E-state index in [1.165, 1.54) is 12.1 Å². The van der Waals surface area contributed by atoms with E-state index in [1.807, 2.05) is 93.0 Å². The molecule has 5 aromatic carbocycles. The van der Waals surface area contributed by atoms with Gasteiger partial charge in [-0.1, -0.05) is 97.2 Å².